The molecule has 0 fully saturated rings. The van der Waals surface area contributed by atoms with Crippen LogP contribution in [0.15, 0.2) is 72.9 Å². The number of aromatic nitrogens is 1. The van der Waals surface area contributed by atoms with Gasteiger partial charge in [-0.3, -0.25) is 19.6 Å². The van der Waals surface area contributed by atoms with E-state index in [4.69, 9.17) is 10.9 Å². The van der Waals surface area contributed by atoms with Crippen molar-refractivity contribution in [2.24, 2.45) is 5.73 Å². The Bertz CT molecular complexity index is 1100. The molecule has 0 radical (unpaired) electrons. The lowest BCUT2D eigenvalue weighted by molar-refractivity contribution is -0.130. The Kier molecular flexibility index (Phi) is 8.81. The molecule has 34 heavy (non-hydrogen) atoms. The van der Waals surface area contributed by atoms with E-state index in [0.29, 0.717) is 17.9 Å². The molecule has 10 nitrogen and oxygen atoms in total. The van der Waals surface area contributed by atoms with Gasteiger partial charge >= 0.3 is 0 Å². The Labute approximate surface area is 196 Å². The zero-order valence-corrected chi connectivity index (χ0v) is 18.3. The van der Waals surface area contributed by atoms with Gasteiger partial charge in [0.2, 0.25) is 5.91 Å². The first-order valence-corrected chi connectivity index (χ1v) is 10.6. The number of nitrogens with two attached hydrogens (primary N) is 1. The lowest BCUT2D eigenvalue weighted by Crippen LogP contribution is -2.50. The normalized spacial score (nSPS) is 11.4. The van der Waals surface area contributed by atoms with Crippen molar-refractivity contribution < 1.29 is 19.6 Å². The monoisotopic (exact) mass is 462 g/mol. The molecule has 3 amide bonds. The van der Waals surface area contributed by atoms with Gasteiger partial charge in [-0.25, -0.2) is 10.5 Å². The number of nitrogens with one attached hydrogen (secondary N) is 4. The molecule has 0 bridgehead atoms. The van der Waals surface area contributed by atoms with Crippen molar-refractivity contribution in [2.45, 2.75) is 12.6 Å². The molecule has 0 saturated carbocycles. The fourth-order valence-corrected chi connectivity index (χ4v) is 3.11. The molecule has 176 valence electrons. The summed E-state index contributed by atoms with van der Waals surface area (Å²) in [4.78, 5) is 40.2. The third-order valence-corrected chi connectivity index (χ3v) is 4.94. The van der Waals surface area contributed by atoms with Gasteiger partial charge in [0.25, 0.3) is 11.8 Å². The summed E-state index contributed by atoms with van der Waals surface area (Å²) in [5.74, 6) is -1.06. The van der Waals surface area contributed by atoms with Gasteiger partial charge in [0.15, 0.2) is 0 Å². The number of amides is 3. The van der Waals surface area contributed by atoms with E-state index in [-0.39, 0.29) is 19.0 Å². The summed E-state index contributed by atoms with van der Waals surface area (Å²) in [5.41, 5.74) is 9.94. The van der Waals surface area contributed by atoms with Crippen molar-refractivity contribution in [3.8, 4) is 11.1 Å². The molecule has 0 aliphatic rings. The van der Waals surface area contributed by atoms with Crippen LogP contribution in [0.3, 0.4) is 0 Å². The molecule has 0 aliphatic carbocycles. The summed E-state index contributed by atoms with van der Waals surface area (Å²) < 4.78 is 0. The number of anilines is 1. The maximum Gasteiger partial charge on any atom is 0.267 e. The average Bonchev–Trinajstić information content (AvgIpc) is 2.88. The SMILES string of the molecule is NC[C@H](NC(=O)c1ccc(-c2ccc(NC(=O)CNCc3ccccc3)nc2)cc1)C(=O)NO. The number of hydrogen-bond acceptors (Lipinski definition) is 7. The van der Waals surface area contributed by atoms with Crippen LogP contribution in [0.4, 0.5) is 5.82 Å². The molecular formula is C24H26N6O4. The molecule has 0 aliphatic heterocycles. The molecule has 10 heteroatoms. The molecule has 0 spiro atoms. The highest BCUT2D eigenvalue weighted by Crippen LogP contribution is 2.20. The maximum absolute atomic E-state index is 12.3. The number of carbonyl (C=O) groups is 3. The summed E-state index contributed by atoms with van der Waals surface area (Å²) in [5, 5.41) is 17.0. The highest BCUT2D eigenvalue weighted by molar-refractivity contribution is 5.97. The molecule has 1 aromatic heterocycles. The zero-order chi connectivity index (χ0) is 24.3. The van der Waals surface area contributed by atoms with E-state index in [2.05, 4.69) is 20.9 Å². The molecule has 3 aromatic rings. The summed E-state index contributed by atoms with van der Waals surface area (Å²) in [6, 6.07) is 18.9. The van der Waals surface area contributed by atoms with Crippen LogP contribution >= 0.6 is 0 Å². The van der Waals surface area contributed by atoms with Crippen molar-refractivity contribution in [1.29, 1.82) is 0 Å². The van der Waals surface area contributed by atoms with Crippen molar-refractivity contribution in [1.82, 2.24) is 21.1 Å². The first-order chi connectivity index (χ1) is 16.5. The van der Waals surface area contributed by atoms with E-state index in [1.54, 1.807) is 36.5 Å². The van der Waals surface area contributed by atoms with E-state index in [9.17, 15) is 14.4 Å². The average molecular weight is 463 g/mol. The van der Waals surface area contributed by atoms with Crippen molar-refractivity contribution in [2.75, 3.05) is 18.4 Å². The first-order valence-electron chi connectivity index (χ1n) is 10.6. The Hall–Kier alpha value is -4.12. The molecule has 0 saturated heterocycles. The smallest absolute Gasteiger partial charge is 0.267 e. The number of benzene rings is 2. The molecular weight excluding hydrogens is 436 g/mol. The van der Waals surface area contributed by atoms with Crippen LogP contribution in [-0.4, -0.2) is 47.0 Å². The van der Waals surface area contributed by atoms with E-state index >= 15 is 0 Å². The summed E-state index contributed by atoms with van der Waals surface area (Å²) >= 11 is 0. The van der Waals surface area contributed by atoms with Crippen LogP contribution in [0.1, 0.15) is 15.9 Å². The van der Waals surface area contributed by atoms with Gasteiger partial charge in [-0.1, -0.05) is 42.5 Å². The number of nitrogens with zero attached hydrogens (tertiary/aromatic N) is 1. The summed E-state index contributed by atoms with van der Waals surface area (Å²) in [7, 11) is 0. The van der Waals surface area contributed by atoms with Crippen LogP contribution in [0.5, 0.6) is 0 Å². The summed E-state index contributed by atoms with van der Waals surface area (Å²) in [6.07, 6.45) is 1.62. The van der Waals surface area contributed by atoms with E-state index in [0.717, 1.165) is 16.7 Å². The third-order valence-electron chi connectivity index (χ3n) is 4.94. The second-order valence-corrected chi connectivity index (χ2v) is 7.38. The fourth-order valence-electron chi connectivity index (χ4n) is 3.11. The number of carbonyl (C=O) groups excluding carboxylic acids is 3. The predicted molar refractivity (Wildman–Crippen MR) is 127 cm³/mol. The van der Waals surface area contributed by atoms with E-state index in [1.165, 1.54) is 5.48 Å². The van der Waals surface area contributed by atoms with Crippen LogP contribution in [0.2, 0.25) is 0 Å². The molecule has 2 aromatic carbocycles. The zero-order valence-electron chi connectivity index (χ0n) is 18.3. The molecule has 1 atom stereocenters. The predicted octanol–water partition coefficient (Wildman–Crippen LogP) is 1.04. The summed E-state index contributed by atoms with van der Waals surface area (Å²) in [6.45, 7) is 0.594. The molecule has 7 N–H and O–H groups in total. The Morgan fingerprint density at radius 1 is 0.941 bits per heavy atom. The second kappa shape index (κ2) is 12.2. The van der Waals surface area contributed by atoms with Gasteiger partial charge in [0.1, 0.15) is 11.9 Å². The lowest BCUT2D eigenvalue weighted by Gasteiger charge is -2.14. The highest BCUT2D eigenvalue weighted by atomic mass is 16.5. The van der Waals surface area contributed by atoms with Gasteiger partial charge in [0.05, 0.1) is 6.54 Å². The van der Waals surface area contributed by atoms with Crippen molar-refractivity contribution in [3.63, 3.8) is 0 Å². The minimum absolute atomic E-state index is 0.159. The fraction of sp³-hybridized carbons (Fsp3) is 0.167. The standard InChI is InChI=1S/C24H26N6O4/c25-12-20(24(33)30-34)28-23(32)18-8-6-17(7-9-18)19-10-11-21(27-14-19)29-22(31)15-26-13-16-4-2-1-3-5-16/h1-11,14,20,26,34H,12-13,15,25H2,(H,28,32)(H,30,33)(H,27,29,31)/t20-/m0/s1. The van der Waals surface area contributed by atoms with E-state index in [1.807, 2.05) is 36.4 Å². The van der Waals surface area contributed by atoms with Gasteiger partial charge < -0.3 is 21.7 Å². The highest BCUT2D eigenvalue weighted by Gasteiger charge is 2.19. The number of hydrogen-bond donors (Lipinski definition) is 6. The quantitative estimate of drug-likeness (QED) is 0.194. The Morgan fingerprint density at radius 3 is 2.26 bits per heavy atom. The second-order valence-electron chi connectivity index (χ2n) is 7.38. The maximum atomic E-state index is 12.3. The van der Waals surface area contributed by atoms with Crippen molar-refractivity contribution >= 4 is 23.5 Å². The van der Waals surface area contributed by atoms with Gasteiger partial charge in [0, 0.05) is 30.4 Å². The van der Waals surface area contributed by atoms with E-state index < -0.39 is 17.9 Å². The first kappa shape index (κ1) is 24.5. The third kappa shape index (κ3) is 6.94. The largest absolute Gasteiger partial charge is 0.339 e. The van der Waals surface area contributed by atoms with Gasteiger partial charge in [-0.2, -0.15) is 0 Å². The van der Waals surface area contributed by atoms with Crippen LogP contribution in [0.25, 0.3) is 11.1 Å². The van der Waals surface area contributed by atoms with Gasteiger partial charge in [-0.15, -0.1) is 0 Å². The minimum Gasteiger partial charge on any atom is -0.339 e. The van der Waals surface area contributed by atoms with Crippen LogP contribution in [0, 0.1) is 0 Å². The van der Waals surface area contributed by atoms with Crippen LogP contribution in [-0.2, 0) is 16.1 Å². The van der Waals surface area contributed by atoms with Crippen molar-refractivity contribution in [3.05, 3.63) is 84.1 Å². The lowest BCUT2D eigenvalue weighted by atomic mass is 10.1. The topological polar surface area (TPSA) is 158 Å². The Morgan fingerprint density at radius 2 is 1.65 bits per heavy atom. The number of pyridine rings is 1. The van der Waals surface area contributed by atoms with Crippen LogP contribution < -0.4 is 27.2 Å². The molecule has 1 heterocycles. The number of hydroxylamine groups is 1. The molecule has 0 unspecified atom stereocenters. The minimum atomic E-state index is -1.04. The number of rotatable bonds is 10. The molecule has 3 rings (SSSR count). The van der Waals surface area contributed by atoms with Gasteiger partial charge in [-0.05, 0) is 35.4 Å². The Balaban J connectivity index is 1.52.